The smallest absolute Gasteiger partial charge is 0.317 e. The Morgan fingerprint density at radius 2 is 2.31 bits per heavy atom. The van der Waals surface area contributed by atoms with E-state index in [1.165, 1.54) is 0 Å². The van der Waals surface area contributed by atoms with Crippen LogP contribution in [-0.2, 0) is 11.3 Å². The molecule has 0 saturated heterocycles. The molecule has 0 radical (unpaired) electrons. The number of hydrogen-bond acceptors (Lipinski definition) is 4. The van der Waals surface area contributed by atoms with E-state index in [-0.39, 0.29) is 6.54 Å². The maximum atomic E-state index is 10.6. The molecule has 1 heterocycles. The zero-order valence-electron chi connectivity index (χ0n) is 9.93. The average molecular weight is 242 g/mol. The molecule has 0 unspecified atom stereocenters. The Kier molecular flexibility index (Phi) is 4.89. The standard InChI is InChI=1S/C11H18N2O2S/c1-4-13(6-10(14)15)5-9-7-16-11(12-9)8(2)3/h7-8H,4-6H2,1-3H3,(H,14,15). The molecule has 0 aliphatic carbocycles. The Morgan fingerprint density at radius 1 is 1.62 bits per heavy atom. The predicted molar refractivity (Wildman–Crippen MR) is 64.8 cm³/mol. The molecule has 0 saturated carbocycles. The first-order chi connectivity index (χ1) is 7.52. The second-order valence-corrected chi connectivity index (χ2v) is 4.92. The summed E-state index contributed by atoms with van der Waals surface area (Å²) in [6, 6.07) is 0. The number of aromatic nitrogens is 1. The van der Waals surface area contributed by atoms with Gasteiger partial charge >= 0.3 is 5.97 Å². The molecule has 16 heavy (non-hydrogen) atoms. The molecule has 1 aromatic heterocycles. The van der Waals surface area contributed by atoms with Gasteiger partial charge in [-0.3, -0.25) is 9.69 Å². The summed E-state index contributed by atoms with van der Waals surface area (Å²) in [6.45, 7) is 7.59. The monoisotopic (exact) mass is 242 g/mol. The zero-order valence-corrected chi connectivity index (χ0v) is 10.8. The minimum absolute atomic E-state index is 0.0744. The van der Waals surface area contributed by atoms with E-state index in [2.05, 4.69) is 18.8 Å². The molecule has 0 spiro atoms. The molecule has 0 fully saturated rings. The molecule has 0 aromatic carbocycles. The quantitative estimate of drug-likeness (QED) is 0.830. The Balaban J connectivity index is 2.59. The highest BCUT2D eigenvalue weighted by Gasteiger charge is 2.11. The third-order valence-electron chi connectivity index (χ3n) is 2.26. The molecule has 0 atom stereocenters. The highest BCUT2D eigenvalue weighted by Crippen LogP contribution is 2.19. The van der Waals surface area contributed by atoms with Gasteiger partial charge in [-0.05, 0) is 6.54 Å². The van der Waals surface area contributed by atoms with Gasteiger partial charge in [-0.25, -0.2) is 4.98 Å². The Hall–Kier alpha value is -0.940. The lowest BCUT2D eigenvalue weighted by atomic mass is 10.2. The van der Waals surface area contributed by atoms with Crippen LogP contribution in [0.1, 0.15) is 37.4 Å². The molecule has 0 bridgehead atoms. The number of rotatable bonds is 6. The zero-order chi connectivity index (χ0) is 12.1. The van der Waals surface area contributed by atoms with Crippen molar-refractivity contribution in [2.75, 3.05) is 13.1 Å². The summed E-state index contributed by atoms with van der Waals surface area (Å²) in [7, 11) is 0. The molecule has 1 rings (SSSR count). The van der Waals surface area contributed by atoms with E-state index in [0.717, 1.165) is 17.2 Å². The summed E-state index contributed by atoms with van der Waals surface area (Å²) in [5, 5.41) is 11.9. The van der Waals surface area contributed by atoms with Crippen LogP contribution < -0.4 is 0 Å². The van der Waals surface area contributed by atoms with Gasteiger partial charge in [0, 0.05) is 17.8 Å². The van der Waals surface area contributed by atoms with E-state index in [0.29, 0.717) is 12.5 Å². The fraction of sp³-hybridized carbons (Fsp3) is 0.636. The largest absolute Gasteiger partial charge is 0.480 e. The van der Waals surface area contributed by atoms with Crippen molar-refractivity contribution in [1.29, 1.82) is 0 Å². The van der Waals surface area contributed by atoms with Crippen molar-refractivity contribution in [3.63, 3.8) is 0 Å². The summed E-state index contributed by atoms with van der Waals surface area (Å²) in [4.78, 5) is 17.0. The maximum absolute atomic E-state index is 10.6. The number of aliphatic carboxylic acids is 1. The Bertz CT molecular complexity index is 350. The third kappa shape index (κ3) is 3.90. The number of nitrogens with zero attached hydrogens (tertiary/aromatic N) is 2. The van der Waals surface area contributed by atoms with Crippen molar-refractivity contribution in [1.82, 2.24) is 9.88 Å². The van der Waals surface area contributed by atoms with Crippen molar-refractivity contribution in [3.05, 3.63) is 16.1 Å². The van der Waals surface area contributed by atoms with E-state index < -0.39 is 5.97 Å². The molecule has 90 valence electrons. The molecule has 5 heteroatoms. The molecule has 4 nitrogen and oxygen atoms in total. The topological polar surface area (TPSA) is 53.4 Å². The minimum atomic E-state index is -0.791. The van der Waals surface area contributed by atoms with Crippen LogP contribution >= 0.6 is 11.3 Å². The lowest BCUT2D eigenvalue weighted by Crippen LogP contribution is -2.29. The van der Waals surface area contributed by atoms with E-state index in [4.69, 9.17) is 5.11 Å². The number of likely N-dealkylation sites (N-methyl/N-ethyl adjacent to an activating group) is 1. The van der Waals surface area contributed by atoms with Crippen LogP contribution in [0, 0.1) is 0 Å². The first kappa shape index (κ1) is 13.1. The van der Waals surface area contributed by atoms with Gasteiger partial charge in [0.2, 0.25) is 0 Å². The summed E-state index contributed by atoms with van der Waals surface area (Å²) >= 11 is 1.64. The van der Waals surface area contributed by atoms with Crippen LogP contribution in [0.25, 0.3) is 0 Å². The third-order valence-corrected chi connectivity index (χ3v) is 3.45. The van der Waals surface area contributed by atoms with Crippen molar-refractivity contribution in [3.8, 4) is 0 Å². The normalized spacial score (nSPS) is 11.3. The van der Waals surface area contributed by atoms with E-state index in [9.17, 15) is 4.79 Å². The minimum Gasteiger partial charge on any atom is -0.480 e. The first-order valence-electron chi connectivity index (χ1n) is 5.41. The number of carboxylic acids is 1. The van der Waals surface area contributed by atoms with Crippen LogP contribution in [0.15, 0.2) is 5.38 Å². The fourth-order valence-corrected chi connectivity index (χ4v) is 2.19. The van der Waals surface area contributed by atoms with Gasteiger partial charge in [0.15, 0.2) is 0 Å². The van der Waals surface area contributed by atoms with Gasteiger partial charge in [0.25, 0.3) is 0 Å². The van der Waals surface area contributed by atoms with Gasteiger partial charge < -0.3 is 5.11 Å². The van der Waals surface area contributed by atoms with Gasteiger partial charge in [-0.1, -0.05) is 20.8 Å². The van der Waals surface area contributed by atoms with Crippen LogP contribution in [-0.4, -0.2) is 34.0 Å². The summed E-state index contributed by atoms with van der Waals surface area (Å²) in [5.41, 5.74) is 0.969. The van der Waals surface area contributed by atoms with Crippen molar-refractivity contribution < 1.29 is 9.90 Å². The first-order valence-corrected chi connectivity index (χ1v) is 6.29. The Labute approximate surface area is 99.9 Å². The van der Waals surface area contributed by atoms with Crippen molar-refractivity contribution in [2.24, 2.45) is 0 Å². The molecule has 1 N–H and O–H groups in total. The van der Waals surface area contributed by atoms with E-state index in [1.807, 2.05) is 17.2 Å². The number of carboxylic acid groups (broad SMARTS) is 1. The predicted octanol–water partition coefficient (Wildman–Crippen LogP) is 2.17. The number of carbonyl (C=O) groups is 1. The maximum Gasteiger partial charge on any atom is 0.317 e. The highest BCUT2D eigenvalue weighted by molar-refractivity contribution is 7.09. The molecule has 0 aliphatic rings. The SMILES string of the molecule is CCN(CC(=O)O)Cc1csc(C(C)C)n1. The lowest BCUT2D eigenvalue weighted by Gasteiger charge is -2.16. The van der Waals surface area contributed by atoms with E-state index in [1.54, 1.807) is 11.3 Å². The van der Waals surface area contributed by atoms with Gasteiger partial charge in [0.05, 0.1) is 17.2 Å². The summed E-state index contributed by atoms with van der Waals surface area (Å²) in [5.74, 6) is -0.352. The molecular weight excluding hydrogens is 224 g/mol. The average Bonchev–Trinajstić information content (AvgIpc) is 2.64. The van der Waals surface area contributed by atoms with Gasteiger partial charge in [0.1, 0.15) is 0 Å². The van der Waals surface area contributed by atoms with Crippen molar-refractivity contribution >= 4 is 17.3 Å². The summed E-state index contributed by atoms with van der Waals surface area (Å²) in [6.07, 6.45) is 0. The van der Waals surface area contributed by atoms with E-state index >= 15 is 0 Å². The van der Waals surface area contributed by atoms with Crippen LogP contribution in [0.4, 0.5) is 0 Å². The fourth-order valence-electron chi connectivity index (χ4n) is 1.36. The van der Waals surface area contributed by atoms with Gasteiger partial charge in [-0.15, -0.1) is 11.3 Å². The molecule has 0 aliphatic heterocycles. The lowest BCUT2D eigenvalue weighted by molar-refractivity contribution is -0.138. The van der Waals surface area contributed by atoms with Crippen molar-refractivity contribution in [2.45, 2.75) is 33.2 Å². The molecule has 0 amide bonds. The molecule has 1 aromatic rings. The highest BCUT2D eigenvalue weighted by atomic mass is 32.1. The molecular formula is C11H18N2O2S. The van der Waals surface area contributed by atoms with Crippen LogP contribution in [0.2, 0.25) is 0 Å². The number of thiazole rings is 1. The number of hydrogen-bond donors (Lipinski definition) is 1. The van der Waals surface area contributed by atoms with Gasteiger partial charge in [-0.2, -0.15) is 0 Å². The van der Waals surface area contributed by atoms with Crippen LogP contribution in [0.3, 0.4) is 0 Å². The second kappa shape index (κ2) is 5.96. The Morgan fingerprint density at radius 3 is 2.75 bits per heavy atom. The van der Waals surface area contributed by atoms with Crippen LogP contribution in [0.5, 0.6) is 0 Å². The second-order valence-electron chi connectivity index (χ2n) is 4.03. The summed E-state index contributed by atoms with van der Waals surface area (Å²) < 4.78 is 0.